The van der Waals surface area contributed by atoms with Crippen molar-refractivity contribution in [3.05, 3.63) is 42.0 Å². The zero-order valence-electron chi connectivity index (χ0n) is 11.5. The SMILES string of the molecule is C=CCOC(=O)c1cc(C)cc(N/N=C(\C#N)C(=N)N)c1. The summed E-state index contributed by atoms with van der Waals surface area (Å²) < 4.78 is 4.95. The van der Waals surface area contributed by atoms with Crippen molar-refractivity contribution < 1.29 is 9.53 Å². The van der Waals surface area contributed by atoms with E-state index in [9.17, 15) is 4.79 Å². The summed E-state index contributed by atoms with van der Waals surface area (Å²) in [7, 11) is 0. The van der Waals surface area contributed by atoms with Gasteiger partial charge in [-0.2, -0.15) is 10.4 Å². The van der Waals surface area contributed by atoms with Crippen molar-refractivity contribution in [3.63, 3.8) is 0 Å². The zero-order valence-corrected chi connectivity index (χ0v) is 11.5. The van der Waals surface area contributed by atoms with Crippen LogP contribution >= 0.6 is 0 Å². The smallest absolute Gasteiger partial charge is 0.338 e. The maximum atomic E-state index is 11.8. The van der Waals surface area contributed by atoms with Gasteiger partial charge in [0.2, 0.25) is 5.71 Å². The quantitative estimate of drug-likeness (QED) is 0.240. The van der Waals surface area contributed by atoms with E-state index < -0.39 is 11.8 Å². The molecule has 0 heterocycles. The molecular weight excluding hydrogens is 270 g/mol. The van der Waals surface area contributed by atoms with E-state index in [1.807, 2.05) is 0 Å². The van der Waals surface area contributed by atoms with Crippen LogP contribution in [-0.2, 0) is 4.74 Å². The average molecular weight is 285 g/mol. The molecule has 0 spiro atoms. The summed E-state index contributed by atoms with van der Waals surface area (Å²) in [4.78, 5) is 11.8. The number of hydrogen-bond donors (Lipinski definition) is 3. The van der Waals surface area contributed by atoms with Crippen LogP contribution in [0.4, 0.5) is 5.69 Å². The number of ether oxygens (including phenoxy) is 1. The summed E-state index contributed by atoms with van der Waals surface area (Å²) in [5.41, 5.74) is 9.16. The second-order valence-electron chi connectivity index (χ2n) is 4.07. The first-order valence-corrected chi connectivity index (χ1v) is 5.95. The Morgan fingerprint density at radius 1 is 1.62 bits per heavy atom. The lowest BCUT2D eigenvalue weighted by molar-refractivity contribution is 0.0549. The fourth-order valence-electron chi connectivity index (χ4n) is 1.45. The van der Waals surface area contributed by atoms with Crippen LogP contribution in [-0.4, -0.2) is 24.1 Å². The summed E-state index contributed by atoms with van der Waals surface area (Å²) >= 11 is 0. The third-order valence-electron chi connectivity index (χ3n) is 2.30. The summed E-state index contributed by atoms with van der Waals surface area (Å²) in [5, 5.41) is 19.6. The summed E-state index contributed by atoms with van der Waals surface area (Å²) in [5.74, 6) is -0.930. The number of anilines is 1. The maximum absolute atomic E-state index is 11.8. The monoisotopic (exact) mass is 285 g/mol. The number of nitriles is 1. The number of benzene rings is 1. The van der Waals surface area contributed by atoms with Crippen LogP contribution in [0.1, 0.15) is 15.9 Å². The molecule has 0 aliphatic heterocycles. The number of nitrogens with zero attached hydrogens (tertiary/aromatic N) is 2. The van der Waals surface area contributed by atoms with Gasteiger partial charge in [0.25, 0.3) is 0 Å². The van der Waals surface area contributed by atoms with Crippen LogP contribution in [0, 0.1) is 23.7 Å². The first kappa shape index (κ1) is 15.9. The van der Waals surface area contributed by atoms with Gasteiger partial charge in [0, 0.05) is 0 Å². The van der Waals surface area contributed by atoms with Crippen molar-refractivity contribution >= 4 is 23.2 Å². The third-order valence-corrected chi connectivity index (χ3v) is 2.30. The second kappa shape index (κ2) is 7.45. The molecule has 1 rings (SSSR count). The minimum atomic E-state index is -0.488. The van der Waals surface area contributed by atoms with Gasteiger partial charge < -0.3 is 10.5 Å². The van der Waals surface area contributed by atoms with E-state index >= 15 is 0 Å². The van der Waals surface area contributed by atoms with Gasteiger partial charge in [0.05, 0.1) is 11.3 Å². The number of carbonyl (C=O) groups is 1. The number of amidine groups is 1. The standard InChI is InChI=1S/C14H15N5O2/c1-3-4-21-14(20)10-5-9(2)6-11(7-10)18-19-12(8-15)13(16)17/h3,5-7,18H,1,4H2,2H3,(H3,16,17)/b19-12+. The Kier molecular flexibility index (Phi) is 5.65. The molecule has 0 aliphatic rings. The lowest BCUT2D eigenvalue weighted by Crippen LogP contribution is -2.21. The van der Waals surface area contributed by atoms with E-state index in [4.69, 9.17) is 21.1 Å². The van der Waals surface area contributed by atoms with Crippen LogP contribution in [0.25, 0.3) is 0 Å². The fourth-order valence-corrected chi connectivity index (χ4v) is 1.45. The van der Waals surface area contributed by atoms with Gasteiger partial charge in [-0.25, -0.2) is 4.79 Å². The molecular formula is C14H15N5O2. The number of rotatable bonds is 6. The molecule has 0 aromatic heterocycles. The lowest BCUT2D eigenvalue weighted by atomic mass is 10.1. The number of nitrogens with two attached hydrogens (primary N) is 1. The molecule has 0 bridgehead atoms. The molecule has 108 valence electrons. The molecule has 0 radical (unpaired) electrons. The van der Waals surface area contributed by atoms with Crippen LogP contribution in [0.15, 0.2) is 36.0 Å². The highest BCUT2D eigenvalue weighted by molar-refractivity contribution is 6.45. The van der Waals surface area contributed by atoms with Gasteiger partial charge in [-0.1, -0.05) is 12.7 Å². The number of esters is 1. The molecule has 4 N–H and O–H groups in total. The predicted molar refractivity (Wildman–Crippen MR) is 80.2 cm³/mol. The molecule has 7 nitrogen and oxygen atoms in total. The van der Waals surface area contributed by atoms with E-state index in [0.29, 0.717) is 11.3 Å². The van der Waals surface area contributed by atoms with Gasteiger partial charge in [-0.05, 0) is 30.7 Å². The molecule has 0 aliphatic carbocycles. The van der Waals surface area contributed by atoms with Crippen LogP contribution in [0.3, 0.4) is 0 Å². The van der Waals surface area contributed by atoms with Crippen molar-refractivity contribution in [3.8, 4) is 6.07 Å². The lowest BCUT2D eigenvalue weighted by Gasteiger charge is -2.07. The predicted octanol–water partition coefficient (Wildman–Crippen LogP) is 1.57. The fraction of sp³-hybridized carbons (Fsp3) is 0.143. The normalized spacial score (nSPS) is 10.4. The molecule has 0 saturated carbocycles. The summed E-state index contributed by atoms with van der Waals surface area (Å²) in [6, 6.07) is 6.60. The highest BCUT2D eigenvalue weighted by atomic mass is 16.5. The Morgan fingerprint density at radius 3 is 2.90 bits per heavy atom. The third kappa shape index (κ3) is 4.80. The molecule has 1 aromatic rings. The van der Waals surface area contributed by atoms with Gasteiger partial charge in [0.15, 0.2) is 5.84 Å². The number of carbonyl (C=O) groups excluding carboxylic acids is 1. The highest BCUT2D eigenvalue weighted by Gasteiger charge is 2.09. The number of hydrazone groups is 1. The van der Waals surface area contributed by atoms with Crippen molar-refractivity contribution in [2.45, 2.75) is 6.92 Å². The van der Waals surface area contributed by atoms with Gasteiger partial charge >= 0.3 is 5.97 Å². The molecule has 0 fully saturated rings. The summed E-state index contributed by atoms with van der Waals surface area (Å²) in [6.45, 7) is 5.39. The minimum Gasteiger partial charge on any atom is -0.458 e. The van der Waals surface area contributed by atoms with E-state index in [-0.39, 0.29) is 12.3 Å². The van der Waals surface area contributed by atoms with Crippen molar-refractivity contribution in [1.29, 1.82) is 10.7 Å². The number of aryl methyl sites for hydroxylation is 1. The molecule has 1 aromatic carbocycles. The summed E-state index contributed by atoms with van der Waals surface area (Å²) in [6.07, 6.45) is 1.48. The van der Waals surface area contributed by atoms with Crippen LogP contribution in [0.2, 0.25) is 0 Å². The van der Waals surface area contributed by atoms with Crippen molar-refractivity contribution in [2.75, 3.05) is 12.0 Å². The maximum Gasteiger partial charge on any atom is 0.338 e. The highest BCUT2D eigenvalue weighted by Crippen LogP contribution is 2.15. The first-order valence-electron chi connectivity index (χ1n) is 5.95. The first-order chi connectivity index (χ1) is 9.97. The van der Waals surface area contributed by atoms with E-state index in [0.717, 1.165) is 5.56 Å². The Balaban J connectivity index is 2.97. The van der Waals surface area contributed by atoms with E-state index in [1.165, 1.54) is 12.1 Å². The average Bonchev–Trinajstić information content (AvgIpc) is 2.44. The van der Waals surface area contributed by atoms with Crippen LogP contribution < -0.4 is 11.2 Å². The molecule has 0 unspecified atom stereocenters. The molecule has 21 heavy (non-hydrogen) atoms. The van der Waals surface area contributed by atoms with E-state index in [2.05, 4.69) is 17.1 Å². The Hall–Kier alpha value is -3.14. The van der Waals surface area contributed by atoms with Crippen LogP contribution in [0.5, 0.6) is 0 Å². The largest absolute Gasteiger partial charge is 0.458 e. The van der Waals surface area contributed by atoms with Gasteiger partial charge in [-0.15, -0.1) is 0 Å². The second-order valence-corrected chi connectivity index (χ2v) is 4.07. The Bertz CT molecular complexity index is 643. The zero-order chi connectivity index (χ0) is 15.8. The van der Waals surface area contributed by atoms with Crippen molar-refractivity contribution in [1.82, 2.24) is 0 Å². The topological polar surface area (TPSA) is 124 Å². The van der Waals surface area contributed by atoms with Crippen molar-refractivity contribution in [2.24, 2.45) is 10.8 Å². The molecule has 7 heteroatoms. The Morgan fingerprint density at radius 2 is 2.33 bits per heavy atom. The Labute approximate surface area is 122 Å². The molecule has 0 amide bonds. The molecule has 0 saturated heterocycles. The van der Waals surface area contributed by atoms with Gasteiger partial charge in [0.1, 0.15) is 12.7 Å². The number of nitrogens with one attached hydrogen (secondary N) is 2. The molecule has 0 atom stereocenters. The minimum absolute atomic E-state index is 0.122. The number of hydrogen-bond acceptors (Lipinski definition) is 6. The van der Waals surface area contributed by atoms with Gasteiger partial charge in [-0.3, -0.25) is 10.8 Å². The van der Waals surface area contributed by atoms with E-state index in [1.54, 1.807) is 25.1 Å².